The lowest BCUT2D eigenvalue weighted by Crippen LogP contribution is -2.09. The summed E-state index contributed by atoms with van der Waals surface area (Å²) >= 11 is 0. The van der Waals surface area contributed by atoms with E-state index in [1.54, 1.807) is 17.7 Å². The summed E-state index contributed by atoms with van der Waals surface area (Å²) in [5.41, 5.74) is 0.328. The molecule has 0 aliphatic carbocycles. The van der Waals surface area contributed by atoms with Crippen molar-refractivity contribution >= 4 is 11.8 Å². The zero-order valence-electron chi connectivity index (χ0n) is 18.5. The van der Waals surface area contributed by atoms with Crippen molar-refractivity contribution in [3.63, 3.8) is 0 Å². The Labute approximate surface area is 173 Å². The molecule has 0 amide bonds. The van der Waals surface area contributed by atoms with Gasteiger partial charge in [0.15, 0.2) is 0 Å². The maximum absolute atomic E-state index is 11.0. The molecule has 28 heavy (non-hydrogen) atoms. The normalized spacial score (nSPS) is 11.1. The summed E-state index contributed by atoms with van der Waals surface area (Å²) in [6.07, 6.45) is 22.1. The van der Waals surface area contributed by atoms with E-state index in [0.29, 0.717) is 5.69 Å². The first-order valence-corrected chi connectivity index (χ1v) is 11.8. The highest BCUT2D eigenvalue weighted by atomic mass is 16.4. The van der Waals surface area contributed by atoms with Crippen LogP contribution in [0.5, 0.6) is 0 Å². The minimum Gasteiger partial charge on any atom is -0.477 e. The fourth-order valence-electron chi connectivity index (χ4n) is 3.79. The first-order valence-electron chi connectivity index (χ1n) is 11.8. The van der Waals surface area contributed by atoms with Gasteiger partial charge in [0.25, 0.3) is 0 Å². The van der Waals surface area contributed by atoms with E-state index in [-0.39, 0.29) is 0 Å². The van der Waals surface area contributed by atoms with Crippen molar-refractivity contribution in [2.45, 2.75) is 110 Å². The number of anilines is 1. The van der Waals surface area contributed by atoms with E-state index in [4.69, 9.17) is 5.11 Å². The van der Waals surface area contributed by atoms with Gasteiger partial charge in [-0.2, -0.15) is 0 Å². The SMILES string of the molecule is CCCCCCCCCCCCCCCCCCNc1ccc(C(=O)O)n1C. The van der Waals surface area contributed by atoms with E-state index in [2.05, 4.69) is 12.2 Å². The zero-order chi connectivity index (χ0) is 20.5. The average molecular weight is 393 g/mol. The standard InChI is InChI=1S/C24H44N2O2/c1-3-4-5-6-7-8-9-10-11-12-13-14-15-16-17-18-21-25-23-20-19-22(24(27)28)26(23)2/h19-20,25H,3-18,21H2,1-2H3,(H,27,28). The number of unbranched alkanes of at least 4 members (excludes halogenated alkanes) is 15. The van der Waals surface area contributed by atoms with Crippen molar-refractivity contribution in [2.75, 3.05) is 11.9 Å². The monoisotopic (exact) mass is 392 g/mol. The molecule has 0 aromatic carbocycles. The highest BCUT2D eigenvalue weighted by Gasteiger charge is 2.09. The smallest absolute Gasteiger partial charge is 0.352 e. The van der Waals surface area contributed by atoms with Gasteiger partial charge < -0.3 is 15.0 Å². The van der Waals surface area contributed by atoms with Gasteiger partial charge in [0.1, 0.15) is 11.5 Å². The maximum atomic E-state index is 11.0. The van der Waals surface area contributed by atoms with Gasteiger partial charge in [-0.25, -0.2) is 4.79 Å². The van der Waals surface area contributed by atoms with Crippen LogP contribution in [0.25, 0.3) is 0 Å². The number of hydrogen-bond acceptors (Lipinski definition) is 2. The highest BCUT2D eigenvalue weighted by Crippen LogP contribution is 2.15. The van der Waals surface area contributed by atoms with Crippen molar-refractivity contribution in [2.24, 2.45) is 7.05 Å². The molecule has 0 radical (unpaired) electrons. The summed E-state index contributed by atoms with van der Waals surface area (Å²) in [6.45, 7) is 3.19. The number of aromatic nitrogens is 1. The molecule has 1 aromatic rings. The van der Waals surface area contributed by atoms with Crippen molar-refractivity contribution in [3.05, 3.63) is 17.8 Å². The number of aromatic carboxylic acids is 1. The van der Waals surface area contributed by atoms with Gasteiger partial charge in [0.2, 0.25) is 0 Å². The number of nitrogens with one attached hydrogen (secondary N) is 1. The summed E-state index contributed by atoms with van der Waals surface area (Å²) in [5, 5.41) is 12.4. The molecule has 0 spiro atoms. The molecular formula is C24H44N2O2. The second-order valence-corrected chi connectivity index (χ2v) is 8.20. The van der Waals surface area contributed by atoms with Gasteiger partial charge in [-0.3, -0.25) is 0 Å². The van der Waals surface area contributed by atoms with Gasteiger partial charge in [0, 0.05) is 13.6 Å². The molecule has 0 aliphatic heterocycles. The number of hydrogen-bond donors (Lipinski definition) is 2. The van der Waals surface area contributed by atoms with Gasteiger partial charge in [0.05, 0.1) is 0 Å². The van der Waals surface area contributed by atoms with Crippen LogP contribution < -0.4 is 5.32 Å². The second kappa shape index (κ2) is 16.5. The van der Waals surface area contributed by atoms with Crippen LogP contribution in [0, 0.1) is 0 Å². The molecule has 4 heteroatoms. The van der Waals surface area contributed by atoms with Gasteiger partial charge >= 0.3 is 5.97 Å². The quantitative estimate of drug-likeness (QED) is 0.241. The number of carbonyl (C=O) groups is 1. The zero-order valence-corrected chi connectivity index (χ0v) is 18.5. The molecule has 1 aromatic heterocycles. The third kappa shape index (κ3) is 11.4. The number of rotatable bonds is 19. The fraction of sp³-hybridized carbons (Fsp3) is 0.792. The molecule has 2 N–H and O–H groups in total. The van der Waals surface area contributed by atoms with Crippen LogP contribution in [0.15, 0.2) is 12.1 Å². The van der Waals surface area contributed by atoms with Crippen molar-refractivity contribution in [1.29, 1.82) is 0 Å². The summed E-state index contributed by atoms with van der Waals surface area (Å²) in [5.74, 6) is 0.0105. The Hall–Kier alpha value is -1.45. The molecule has 0 fully saturated rings. The minimum atomic E-state index is -0.877. The summed E-state index contributed by atoms with van der Waals surface area (Å²) in [6, 6.07) is 3.49. The van der Waals surface area contributed by atoms with Crippen LogP contribution in [0.2, 0.25) is 0 Å². The van der Waals surface area contributed by atoms with E-state index < -0.39 is 5.97 Å². The largest absolute Gasteiger partial charge is 0.477 e. The molecule has 4 nitrogen and oxygen atoms in total. The van der Waals surface area contributed by atoms with Crippen molar-refractivity contribution in [1.82, 2.24) is 4.57 Å². The molecule has 0 saturated carbocycles. The molecular weight excluding hydrogens is 348 g/mol. The van der Waals surface area contributed by atoms with Crippen LogP contribution >= 0.6 is 0 Å². The van der Waals surface area contributed by atoms with Gasteiger partial charge in [-0.05, 0) is 18.6 Å². The maximum Gasteiger partial charge on any atom is 0.352 e. The summed E-state index contributed by atoms with van der Waals surface area (Å²) < 4.78 is 1.70. The summed E-state index contributed by atoms with van der Waals surface area (Å²) in [7, 11) is 1.79. The second-order valence-electron chi connectivity index (χ2n) is 8.20. The first kappa shape index (κ1) is 24.6. The Balaban J connectivity index is 1.82. The molecule has 0 unspecified atom stereocenters. The molecule has 0 saturated heterocycles. The van der Waals surface area contributed by atoms with Crippen LogP contribution in [0.4, 0.5) is 5.82 Å². The van der Waals surface area contributed by atoms with Gasteiger partial charge in [-0.15, -0.1) is 0 Å². The average Bonchev–Trinajstić information content (AvgIpc) is 3.05. The topological polar surface area (TPSA) is 54.3 Å². The minimum absolute atomic E-state index is 0.328. The Bertz CT molecular complexity index is 511. The van der Waals surface area contributed by atoms with Crippen LogP contribution in [0.1, 0.15) is 120 Å². The van der Waals surface area contributed by atoms with Crippen molar-refractivity contribution in [3.8, 4) is 0 Å². The van der Waals surface area contributed by atoms with Crippen LogP contribution in [-0.2, 0) is 7.05 Å². The Morgan fingerprint density at radius 3 is 1.61 bits per heavy atom. The Morgan fingerprint density at radius 1 is 0.786 bits per heavy atom. The lowest BCUT2D eigenvalue weighted by Gasteiger charge is -2.08. The number of nitrogens with zero attached hydrogens (tertiary/aromatic N) is 1. The molecule has 162 valence electrons. The van der Waals surface area contributed by atoms with Crippen molar-refractivity contribution < 1.29 is 9.90 Å². The summed E-state index contributed by atoms with van der Waals surface area (Å²) in [4.78, 5) is 11.0. The predicted octanol–water partition coefficient (Wildman–Crippen LogP) is 7.40. The van der Waals surface area contributed by atoms with Crippen LogP contribution in [-0.4, -0.2) is 22.2 Å². The third-order valence-corrected chi connectivity index (χ3v) is 5.68. The number of carboxylic acids is 1. The predicted molar refractivity (Wildman–Crippen MR) is 120 cm³/mol. The van der Waals surface area contributed by atoms with Gasteiger partial charge in [-0.1, -0.05) is 103 Å². The fourth-order valence-corrected chi connectivity index (χ4v) is 3.79. The number of carboxylic acid groups (broad SMARTS) is 1. The van der Waals surface area contributed by atoms with E-state index in [1.807, 2.05) is 6.07 Å². The molecule has 1 rings (SSSR count). The van der Waals surface area contributed by atoms with E-state index in [0.717, 1.165) is 18.8 Å². The third-order valence-electron chi connectivity index (χ3n) is 5.68. The van der Waals surface area contributed by atoms with Crippen LogP contribution in [0.3, 0.4) is 0 Å². The Morgan fingerprint density at radius 2 is 1.21 bits per heavy atom. The lowest BCUT2D eigenvalue weighted by atomic mass is 10.0. The highest BCUT2D eigenvalue weighted by molar-refractivity contribution is 5.86. The Kier molecular flexibility index (Phi) is 14.5. The molecule has 0 bridgehead atoms. The van der Waals surface area contributed by atoms with E-state index >= 15 is 0 Å². The molecule has 0 aliphatic rings. The molecule has 1 heterocycles. The lowest BCUT2D eigenvalue weighted by molar-refractivity contribution is 0.0687. The van der Waals surface area contributed by atoms with E-state index in [1.165, 1.54) is 96.3 Å². The first-order chi connectivity index (χ1) is 13.7. The molecule has 0 atom stereocenters. The van der Waals surface area contributed by atoms with E-state index in [9.17, 15) is 4.79 Å².